The van der Waals surface area contributed by atoms with Gasteiger partial charge in [-0.15, -0.1) is 0 Å². The molecule has 22 heavy (non-hydrogen) atoms. The smallest absolute Gasteiger partial charge is 0.180 e. The highest BCUT2D eigenvalue weighted by Crippen LogP contribution is 2.74. The molecule has 2 nitrogen and oxygen atoms in total. The number of hydrogen-bond acceptors (Lipinski definition) is 2. The first-order valence-electron chi connectivity index (χ1n) is 8.16. The molecule has 1 aromatic rings. The number of hydrogen-bond donors (Lipinski definition) is 0. The molecule has 0 N–H and O–H groups in total. The molecule has 0 aromatic heterocycles. The normalized spacial score (nSPS) is 38.0. The molecule has 120 valence electrons. The molecular weight excluding hydrogens is 291 g/mol. The van der Waals surface area contributed by atoms with Gasteiger partial charge in [0, 0.05) is 5.41 Å². The van der Waals surface area contributed by atoms with Crippen LogP contribution in [0.15, 0.2) is 41.5 Å². The molecule has 1 aliphatic heterocycles. The van der Waals surface area contributed by atoms with Crippen LogP contribution in [0.3, 0.4) is 0 Å². The molecule has 1 saturated heterocycles. The molecule has 3 heteroatoms. The Morgan fingerprint density at radius 1 is 1.14 bits per heavy atom. The van der Waals surface area contributed by atoms with Crippen molar-refractivity contribution in [1.82, 2.24) is 0 Å². The molecule has 2 bridgehead atoms. The number of fused-ring (bicyclic) bond motifs is 2. The van der Waals surface area contributed by atoms with Gasteiger partial charge in [0.1, 0.15) is 0 Å². The number of allylic oxidation sites excluding steroid dienone is 1. The zero-order chi connectivity index (χ0) is 16.1. The summed E-state index contributed by atoms with van der Waals surface area (Å²) in [5.74, 6) is 0. The van der Waals surface area contributed by atoms with Gasteiger partial charge >= 0.3 is 0 Å². The van der Waals surface area contributed by atoms with Gasteiger partial charge in [-0.3, -0.25) is 0 Å². The maximum Gasteiger partial charge on any atom is 0.180 e. The topological polar surface area (TPSA) is 18.5 Å². The van der Waals surface area contributed by atoms with Crippen LogP contribution in [-0.4, -0.2) is 11.7 Å². The number of rotatable bonds is 3. The van der Waals surface area contributed by atoms with Crippen molar-refractivity contribution in [2.45, 2.75) is 65.3 Å². The molecule has 0 radical (unpaired) electrons. The lowest BCUT2D eigenvalue weighted by atomic mass is 9.76. The summed E-state index contributed by atoms with van der Waals surface area (Å²) in [4.78, 5) is 0. The average molecular weight is 318 g/mol. The quantitative estimate of drug-likeness (QED) is 0.502. The van der Waals surface area contributed by atoms with Crippen molar-refractivity contribution in [3.8, 4) is 0 Å². The third-order valence-corrected chi connectivity index (χ3v) is 7.95. The molecular formula is C19H27O2P. The Hall–Kier alpha value is -0.690. The lowest BCUT2D eigenvalue weighted by Crippen LogP contribution is -2.38. The van der Waals surface area contributed by atoms with Crippen molar-refractivity contribution < 1.29 is 9.05 Å². The SMILES string of the molecule is CC1=C(C)C2(C)CC1(C)OP(OC(C)C)C2c1ccccc1. The molecule has 0 amide bonds. The van der Waals surface area contributed by atoms with Crippen LogP contribution in [0.5, 0.6) is 0 Å². The van der Waals surface area contributed by atoms with E-state index in [1.54, 1.807) is 0 Å². The van der Waals surface area contributed by atoms with Crippen LogP contribution in [-0.2, 0) is 9.05 Å². The summed E-state index contributed by atoms with van der Waals surface area (Å²) in [6.45, 7) is 13.3. The molecule has 4 atom stereocenters. The second kappa shape index (κ2) is 5.44. The van der Waals surface area contributed by atoms with Gasteiger partial charge in [0.05, 0.1) is 17.4 Å². The fourth-order valence-electron chi connectivity index (χ4n) is 4.09. The molecule has 1 aromatic carbocycles. The van der Waals surface area contributed by atoms with E-state index in [1.807, 2.05) is 0 Å². The summed E-state index contributed by atoms with van der Waals surface area (Å²) in [7, 11) is -0.959. The monoisotopic (exact) mass is 318 g/mol. The molecule has 0 spiro atoms. The predicted molar refractivity (Wildman–Crippen MR) is 92.9 cm³/mol. The largest absolute Gasteiger partial charge is 0.331 e. The van der Waals surface area contributed by atoms with Gasteiger partial charge in [0.2, 0.25) is 0 Å². The Balaban J connectivity index is 2.10. The fourth-order valence-corrected chi connectivity index (χ4v) is 6.54. The highest BCUT2D eigenvalue weighted by Gasteiger charge is 2.59. The Labute approximate surface area is 135 Å². The lowest BCUT2D eigenvalue weighted by Gasteiger charge is -2.48. The summed E-state index contributed by atoms with van der Waals surface area (Å²) >= 11 is 0. The van der Waals surface area contributed by atoms with E-state index in [4.69, 9.17) is 9.05 Å². The molecule has 4 unspecified atom stereocenters. The molecule has 0 saturated carbocycles. The Morgan fingerprint density at radius 2 is 1.77 bits per heavy atom. The van der Waals surface area contributed by atoms with Crippen molar-refractivity contribution in [3.05, 3.63) is 47.0 Å². The third-order valence-electron chi connectivity index (χ3n) is 5.45. The van der Waals surface area contributed by atoms with Crippen LogP contribution in [0.2, 0.25) is 0 Å². The van der Waals surface area contributed by atoms with E-state index in [0.717, 1.165) is 6.42 Å². The molecule has 3 rings (SSSR count). The van der Waals surface area contributed by atoms with Crippen LogP contribution in [0.1, 0.15) is 59.2 Å². The van der Waals surface area contributed by atoms with Gasteiger partial charge in [-0.1, -0.05) is 42.8 Å². The molecule has 1 heterocycles. The molecule has 1 aliphatic carbocycles. The van der Waals surface area contributed by atoms with Gasteiger partial charge in [0.15, 0.2) is 8.38 Å². The van der Waals surface area contributed by atoms with E-state index in [-0.39, 0.29) is 17.1 Å². The first-order valence-corrected chi connectivity index (χ1v) is 9.41. The zero-order valence-corrected chi connectivity index (χ0v) is 15.4. The van der Waals surface area contributed by atoms with E-state index in [0.29, 0.717) is 5.66 Å². The van der Waals surface area contributed by atoms with Gasteiger partial charge in [-0.05, 0) is 52.2 Å². The van der Waals surface area contributed by atoms with Crippen molar-refractivity contribution in [3.63, 3.8) is 0 Å². The lowest BCUT2D eigenvalue weighted by molar-refractivity contribution is 0.0498. The highest BCUT2D eigenvalue weighted by atomic mass is 31.2. The number of benzene rings is 1. The van der Waals surface area contributed by atoms with Crippen molar-refractivity contribution >= 4 is 8.38 Å². The minimum atomic E-state index is -0.959. The second-order valence-corrected chi connectivity index (χ2v) is 8.90. The standard InChI is InChI=1S/C19H27O2P/c1-13(2)20-22-17(16-10-8-7-9-11-16)18(5)12-19(6,21-22)15(4)14(18)3/h7-11,13,17H,12H2,1-6H3. The Kier molecular flexibility index (Phi) is 4.00. The Morgan fingerprint density at radius 3 is 2.36 bits per heavy atom. The summed E-state index contributed by atoms with van der Waals surface area (Å²) in [5.41, 5.74) is 4.49. The van der Waals surface area contributed by atoms with E-state index in [1.165, 1.54) is 16.7 Å². The summed E-state index contributed by atoms with van der Waals surface area (Å²) < 4.78 is 12.9. The van der Waals surface area contributed by atoms with Crippen LogP contribution in [0.25, 0.3) is 0 Å². The summed E-state index contributed by atoms with van der Waals surface area (Å²) in [6.07, 6.45) is 1.24. The van der Waals surface area contributed by atoms with E-state index >= 15 is 0 Å². The predicted octanol–water partition coefficient (Wildman–Crippen LogP) is 6.00. The van der Waals surface area contributed by atoms with Crippen molar-refractivity contribution in [2.24, 2.45) is 5.41 Å². The van der Waals surface area contributed by atoms with Gasteiger partial charge < -0.3 is 9.05 Å². The highest BCUT2D eigenvalue weighted by molar-refractivity contribution is 7.48. The van der Waals surface area contributed by atoms with Gasteiger partial charge in [0.25, 0.3) is 0 Å². The summed E-state index contributed by atoms with van der Waals surface area (Å²) in [5, 5.41) is 0. The van der Waals surface area contributed by atoms with Crippen LogP contribution in [0.4, 0.5) is 0 Å². The Bertz CT molecular complexity index is 595. The minimum Gasteiger partial charge on any atom is -0.331 e. The van der Waals surface area contributed by atoms with Crippen LogP contribution in [0, 0.1) is 5.41 Å². The summed E-state index contributed by atoms with van der Waals surface area (Å²) in [6, 6.07) is 10.8. The first kappa shape index (κ1) is 16.2. The maximum absolute atomic E-state index is 6.58. The van der Waals surface area contributed by atoms with E-state index in [2.05, 4.69) is 71.9 Å². The minimum absolute atomic E-state index is 0.124. The fraction of sp³-hybridized carbons (Fsp3) is 0.579. The van der Waals surface area contributed by atoms with Crippen LogP contribution >= 0.6 is 8.38 Å². The van der Waals surface area contributed by atoms with E-state index < -0.39 is 8.38 Å². The first-order chi connectivity index (χ1) is 10.3. The van der Waals surface area contributed by atoms with Gasteiger partial charge in [-0.25, -0.2) is 0 Å². The van der Waals surface area contributed by atoms with Crippen LogP contribution < -0.4 is 0 Å². The zero-order valence-electron chi connectivity index (χ0n) is 14.5. The average Bonchev–Trinajstić information content (AvgIpc) is 2.58. The van der Waals surface area contributed by atoms with Gasteiger partial charge in [-0.2, -0.15) is 0 Å². The van der Waals surface area contributed by atoms with Crippen molar-refractivity contribution in [1.29, 1.82) is 0 Å². The molecule has 2 aliphatic rings. The van der Waals surface area contributed by atoms with E-state index in [9.17, 15) is 0 Å². The van der Waals surface area contributed by atoms with Crippen molar-refractivity contribution in [2.75, 3.05) is 0 Å². The maximum atomic E-state index is 6.58. The third kappa shape index (κ3) is 2.37. The molecule has 1 fully saturated rings. The second-order valence-electron chi connectivity index (χ2n) is 7.42.